The molecule has 0 aliphatic rings. The van der Waals surface area contributed by atoms with Crippen LogP contribution in [0.5, 0.6) is 11.5 Å². The number of amides is 1. The molecule has 0 radical (unpaired) electrons. The van der Waals surface area contributed by atoms with Crippen molar-refractivity contribution in [1.82, 2.24) is 14.8 Å². The smallest absolute Gasteiger partial charge is 0.234 e. The summed E-state index contributed by atoms with van der Waals surface area (Å²) in [5, 5.41) is 12.4. The van der Waals surface area contributed by atoms with Crippen molar-refractivity contribution in [3.05, 3.63) is 84.7 Å². The van der Waals surface area contributed by atoms with Crippen LogP contribution in [0.1, 0.15) is 18.9 Å². The molecule has 1 aromatic heterocycles. The van der Waals surface area contributed by atoms with Gasteiger partial charge in [-0.05, 0) is 67.8 Å². The molecule has 0 bridgehead atoms. The number of nitrogens with zero attached hydrogens (tertiary/aromatic N) is 3. The Balaban J connectivity index is 1.51. The lowest BCUT2D eigenvalue weighted by atomic mass is 10.3. The number of carbonyl (C=O) groups is 1. The first-order chi connectivity index (χ1) is 17.1. The van der Waals surface area contributed by atoms with E-state index in [-0.39, 0.29) is 17.8 Å². The lowest BCUT2D eigenvalue weighted by molar-refractivity contribution is -0.113. The highest BCUT2D eigenvalue weighted by molar-refractivity contribution is 7.99. The van der Waals surface area contributed by atoms with Gasteiger partial charge in [0.25, 0.3) is 0 Å². The molecule has 0 aliphatic heterocycles. The molecule has 1 N–H and O–H groups in total. The molecule has 180 valence electrons. The van der Waals surface area contributed by atoms with E-state index in [1.807, 2.05) is 96.6 Å². The van der Waals surface area contributed by atoms with Gasteiger partial charge in [-0.3, -0.25) is 9.36 Å². The largest absolute Gasteiger partial charge is 0.497 e. The van der Waals surface area contributed by atoms with E-state index in [9.17, 15) is 4.79 Å². The molecule has 0 fully saturated rings. The van der Waals surface area contributed by atoms with E-state index in [0.717, 1.165) is 22.0 Å². The van der Waals surface area contributed by atoms with Crippen LogP contribution in [-0.4, -0.2) is 39.8 Å². The van der Waals surface area contributed by atoms with Crippen molar-refractivity contribution in [2.24, 2.45) is 0 Å². The fourth-order valence-electron chi connectivity index (χ4n) is 3.40. The van der Waals surface area contributed by atoms with Crippen molar-refractivity contribution in [3.8, 4) is 17.2 Å². The number of para-hydroxylation sites is 1. The van der Waals surface area contributed by atoms with E-state index in [2.05, 4.69) is 15.5 Å². The molecule has 3 aromatic carbocycles. The minimum absolute atomic E-state index is 0.111. The van der Waals surface area contributed by atoms with E-state index in [1.165, 1.54) is 11.8 Å². The average Bonchev–Trinajstić information content (AvgIpc) is 3.33. The van der Waals surface area contributed by atoms with Crippen molar-refractivity contribution in [2.75, 3.05) is 24.4 Å². The summed E-state index contributed by atoms with van der Waals surface area (Å²) in [6.45, 7) is 1.92. The second kappa shape index (κ2) is 11.8. The van der Waals surface area contributed by atoms with Crippen molar-refractivity contribution >= 4 is 35.1 Å². The first-order valence-corrected chi connectivity index (χ1v) is 13.2. The van der Waals surface area contributed by atoms with Gasteiger partial charge < -0.3 is 14.8 Å². The molecular weight excluding hydrogens is 480 g/mol. The Morgan fingerprint density at radius 3 is 2.46 bits per heavy atom. The summed E-state index contributed by atoms with van der Waals surface area (Å²) in [7, 11) is 1.63. The molecule has 0 spiro atoms. The van der Waals surface area contributed by atoms with Crippen LogP contribution in [0.4, 0.5) is 5.69 Å². The second-order valence-electron chi connectivity index (χ2n) is 7.52. The van der Waals surface area contributed by atoms with Crippen LogP contribution in [0.2, 0.25) is 0 Å². The van der Waals surface area contributed by atoms with Crippen LogP contribution in [0, 0.1) is 0 Å². The maximum absolute atomic E-state index is 12.6. The number of carbonyl (C=O) groups excluding carboxylic acids is 1. The quantitative estimate of drug-likeness (QED) is 0.270. The van der Waals surface area contributed by atoms with Crippen LogP contribution in [-0.2, 0) is 4.79 Å². The first-order valence-electron chi connectivity index (χ1n) is 11.0. The van der Waals surface area contributed by atoms with Gasteiger partial charge in [0.05, 0.1) is 12.9 Å². The Bertz CT molecular complexity index is 1260. The van der Waals surface area contributed by atoms with E-state index in [4.69, 9.17) is 9.47 Å². The zero-order valence-corrected chi connectivity index (χ0v) is 21.3. The summed E-state index contributed by atoms with van der Waals surface area (Å²) in [6.07, 6.45) is 1.62. The fraction of sp³-hybridized carbons (Fsp3) is 0.192. The predicted molar refractivity (Wildman–Crippen MR) is 141 cm³/mol. The number of aromatic nitrogens is 3. The predicted octanol–water partition coefficient (Wildman–Crippen LogP) is 5.87. The minimum Gasteiger partial charge on any atom is -0.497 e. The van der Waals surface area contributed by atoms with E-state index in [0.29, 0.717) is 16.7 Å². The molecule has 9 heteroatoms. The summed E-state index contributed by atoms with van der Waals surface area (Å²) in [6, 6.07) is 25.0. The number of rotatable bonds is 10. The van der Waals surface area contributed by atoms with Crippen LogP contribution < -0.4 is 14.8 Å². The standard InChI is InChI=1S/C26H26N4O3S2/c1-18(33-22-14-12-21(32-2)13-15-22)25-28-29-26(30(25)20-9-5-4-6-10-20)35-17-24(31)27-19-8-7-11-23(16-19)34-3/h4-16,18H,17H2,1-3H3,(H,27,31). The third kappa shape index (κ3) is 6.37. The molecule has 1 atom stereocenters. The summed E-state index contributed by atoms with van der Waals surface area (Å²) in [4.78, 5) is 13.7. The summed E-state index contributed by atoms with van der Waals surface area (Å²) in [5.41, 5.74) is 1.67. The van der Waals surface area contributed by atoms with Gasteiger partial charge in [-0.25, -0.2) is 0 Å². The highest BCUT2D eigenvalue weighted by atomic mass is 32.2. The van der Waals surface area contributed by atoms with Crippen molar-refractivity contribution < 1.29 is 14.3 Å². The molecule has 0 aliphatic carbocycles. The van der Waals surface area contributed by atoms with E-state index >= 15 is 0 Å². The summed E-state index contributed by atoms with van der Waals surface area (Å²) < 4.78 is 13.3. The van der Waals surface area contributed by atoms with Crippen LogP contribution in [0.25, 0.3) is 5.69 Å². The molecule has 0 saturated carbocycles. The third-order valence-corrected chi connectivity index (χ3v) is 6.75. The highest BCUT2D eigenvalue weighted by Gasteiger charge is 2.21. The van der Waals surface area contributed by atoms with Gasteiger partial charge in [-0.15, -0.1) is 22.0 Å². The molecule has 1 amide bonds. The normalized spacial score (nSPS) is 11.6. The zero-order valence-electron chi connectivity index (χ0n) is 19.7. The number of anilines is 1. The average molecular weight is 507 g/mol. The monoisotopic (exact) mass is 506 g/mol. The van der Waals surface area contributed by atoms with Crippen LogP contribution >= 0.6 is 23.5 Å². The number of nitrogens with one attached hydrogen (secondary N) is 1. The lowest BCUT2D eigenvalue weighted by Gasteiger charge is -2.17. The van der Waals surface area contributed by atoms with Crippen LogP contribution in [0.3, 0.4) is 0 Å². The van der Waals surface area contributed by atoms with E-state index in [1.54, 1.807) is 18.9 Å². The third-order valence-electron chi connectivity index (χ3n) is 5.09. The van der Waals surface area contributed by atoms with Gasteiger partial charge in [-0.2, -0.15) is 0 Å². The molecule has 4 rings (SSSR count). The Morgan fingerprint density at radius 2 is 1.74 bits per heavy atom. The van der Waals surface area contributed by atoms with Crippen LogP contribution in [0.15, 0.2) is 88.9 Å². The molecule has 4 aromatic rings. The minimum atomic E-state index is -0.381. The van der Waals surface area contributed by atoms with Crippen molar-refractivity contribution in [1.29, 1.82) is 0 Å². The lowest BCUT2D eigenvalue weighted by Crippen LogP contribution is -2.15. The first kappa shape index (κ1) is 24.7. The molecular formula is C26H26N4O3S2. The van der Waals surface area contributed by atoms with Gasteiger partial charge in [0.15, 0.2) is 17.1 Å². The molecule has 7 nitrogen and oxygen atoms in total. The maximum atomic E-state index is 12.6. The number of benzene rings is 3. The SMILES string of the molecule is COc1ccc(OC(C)c2nnc(SCC(=O)Nc3cccc(SC)c3)n2-c2ccccc2)cc1. The van der Waals surface area contributed by atoms with Gasteiger partial charge in [0, 0.05) is 16.3 Å². The van der Waals surface area contributed by atoms with Crippen molar-refractivity contribution in [2.45, 2.75) is 23.1 Å². The number of thioether (sulfide) groups is 2. The second-order valence-corrected chi connectivity index (χ2v) is 9.34. The molecule has 1 unspecified atom stereocenters. The maximum Gasteiger partial charge on any atom is 0.234 e. The van der Waals surface area contributed by atoms with Gasteiger partial charge >= 0.3 is 0 Å². The molecule has 1 heterocycles. The summed E-state index contributed by atoms with van der Waals surface area (Å²) in [5.74, 6) is 2.18. The van der Waals surface area contributed by atoms with Gasteiger partial charge in [0.2, 0.25) is 5.91 Å². The van der Waals surface area contributed by atoms with E-state index < -0.39 is 0 Å². The Kier molecular flexibility index (Phi) is 8.33. The Morgan fingerprint density at radius 1 is 1.00 bits per heavy atom. The number of hydrogen-bond acceptors (Lipinski definition) is 7. The highest BCUT2D eigenvalue weighted by Crippen LogP contribution is 2.29. The number of ether oxygens (including phenoxy) is 2. The fourth-order valence-corrected chi connectivity index (χ4v) is 4.62. The Hall–Kier alpha value is -3.43. The molecule has 0 saturated heterocycles. The van der Waals surface area contributed by atoms with Gasteiger partial charge in [0.1, 0.15) is 11.5 Å². The number of hydrogen-bond donors (Lipinski definition) is 1. The van der Waals surface area contributed by atoms with Crippen molar-refractivity contribution in [3.63, 3.8) is 0 Å². The zero-order chi connectivity index (χ0) is 24.6. The van der Waals surface area contributed by atoms with Gasteiger partial charge in [-0.1, -0.05) is 36.0 Å². The Labute approximate surface area is 213 Å². The number of methoxy groups -OCH3 is 1. The summed E-state index contributed by atoms with van der Waals surface area (Å²) >= 11 is 2.96. The molecule has 35 heavy (non-hydrogen) atoms. The topological polar surface area (TPSA) is 78.3 Å².